The molecule has 1 aromatic heterocycles. The summed E-state index contributed by atoms with van der Waals surface area (Å²) in [5.74, 6) is -4.54. The van der Waals surface area contributed by atoms with Gasteiger partial charge >= 0.3 is 12.3 Å². The van der Waals surface area contributed by atoms with Gasteiger partial charge in [0.05, 0.1) is 5.52 Å². The Morgan fingerprint density at radius 2 is 1.89 bits per heavy atom. The number of nitrogens with two attached hydrogens (primary N) is 1. The van der Waals surface area contributed by atoms with Crippen LogP contribution in [-0.4, -0.2) is 30.1 Å². The number of aromatic nitrogens is 1. The highest BCUT2D eigenvalue weighted by Crippen LogP contribution is 2.26. The number of hydrogen-bond acceptors (Lipinski definition) is 2. The average molecular weight is 398 g/mol. The molecule has 8 heteroatoms. The lowest BCUT2D eigenvalue weighted by Gasteiger charge is -2.16. The number of fused-ring (bicyclic) bond motifs is 1. The summed E-state index contributed by atoms with van der Waals surface area (Å²) in [6.45, 7) is -0.641. The average Bonchev–Trinajstić information content (AvgIpc) is 2.97. The van der Waals surface area contributed by atoms with Crippen LogP contribution in [0.1, 0.15) is 11.1 Å². The summed E-state index contributed by atoms with van der Waals surface area (Å²) in [5, 5.41) is 0.885. The maximum absolute atomic E-state index is 13.7. The van der Waals surface area contributed by atoms with E-state index in [1.54, 1.807) is 18.2 Å². The van der Waals surface area contributed by atoms with Gasteiger partial charge in [-0.05, 0) is 54.4 Å². The Bertz CT molecular complexity index is 955. The Morgan fingerprint density at radius 3 is 2.61 bits per heavy atom. The number of nitrogens with zero attached hydrogens (tertiary/aromatic N) is 1. The van der Waals surface area contributed by atoms with E-state index in [-0.39, 0.29) is 11.6 Å². The van der Waals surface area contributed by atoms with Crippen molar-refractivity contribution in [1.82, 2.24) is 4.57 Å². The molecule has 3 rings (SSSR count). The van der Waals surface area contributed by atoms with Gasteiger partial charge in [-0.2, -0.15) is 8.78 Å². The minimum Gasteiger partial charge on any atom is -0.487 e. The maximum Gasteiger partial charge on any atom is 0.340 e. The summed E-state index contributed by atoms with van der Waals surface area (Å²) in [4.78, 5) is 0. The molecule has 0 amide bonds. The molecule has 0 radical (unpaired) electrons. The van der Waals surface area contributed by atoms with Crippen molar-refractivity contribution >= 4 is 10.9 Å². The molecule has 0 unspecified atom stereocenters. The molecule has 3 aromatic rings. The van der Waals surface area contributed by atoms with Gasteiger partial charge in [0.25, 0.3) is 0 Å². The lowest BCUT2D eigenvalue weighted by molar-refractivity contribution is -0.148. The highest BCUT2D eigenvalue weighted by molar-refractivity contribution is 5.84. The summed E-state index contributed by atoms with van der Waals surface area (Å²) in [5.41, 5.74) is 7.98. The zero-order chi connectivity index (χ0) is 20.3. The van der Waals surface area contributed by atoms with E-state index in [4.69, 9.17) is 10.5 Å². The van der Waals surface area contributed by atoms with Crippen molar-refractivity contribution in [2.24, 2.45) is 5.73 Å². The lowest BCUT2D eigenvalue weighted by Crippen LogP contribution is -2.33. The van der Waals surface area contributed by atoms with E-state index < -0.39 is 19.0 Å². The molecule has 0 atom stereocenters. The molecule has 0 aliphatic heterocycles. The fourth-order valence-corrected chi connectivity index (χ4v) is 3.00. The molecule has 0 bridgehead atoms. The van der Waals surface area contributed by atoms with Gasteiger partial charge in [-0.15, -0.1) is 0 Å². The standard InChI is InChI=1S/C20H19F5N2O/c21-15-4-5-17-14(6-7-26)11-27(18(17)9-15)10-13-2-1-3-16(8-13)28-12-20(24,25)19(22)23/h1-5,8-9,11,19H,6-7,10,12,26H2. The SMILES string of the molecule is NCCc1cn(Cc2cccc(OCC(F)(F)C(F)F)c2)c2cc(F)ccc12. The largest absolute Gasteiger partial charge is 0.487 e. The van der Waals surface area contributed by atoms with Crippen LogP contribution in [0.25, 0.3) is 10.9 Å². The molecule has 28 heavy (non-hydrogen) atoms. The summed E-state index contributed by atoms with van der Waals surface area (Å²) < 4.78 is 71.0. The van der Waals surface area contributed by atoms with Crippen molar-refractivity contribution in [3.8, 4) is 5.75 Å². The minimum atomic E-state index is -4.22. The van der Waals surface area contributed by atoms with Gasteiger partial charge in [0.1, 0.15) is 11.6 Å². The van der Waals surface area contributed by atoms with Crippen LogP contribution in [0.15, 0.2) is 48.7 Å². The molecular formula is C20H19F5N2O. The number of benzene rings is 2. The second kappa shape index (κ2) is 8.18. The van der Waals surface area contributed by atoms with Gasteiger partial charge in [0.15, 0.2) is 6.61 Å². The van der Waals surface area contributed by atoms with Gasteiger partial charge in [0.2, 0.25) is 0 Å². The first-order chi connectivity index (χ1) is 13.3. The Morgan fingerprint density at radius 1 is 1.11 bits per heavy atom. The smallest absolute Gasteiger partial charge is 0.340 e. The minimum absolute atomic E-state index is 0.0580. The zero-order valence-corrected chi connectivity index (χ0v) is 14.8. The van der Waals surface area contributed by atoms with Gasteiger partial charge < -0.3 is 15.0 Å². The first-order valence-electron chi connectivity index (χ1n) is 8.65. The molecule has 2 aromatic carbocycles. The van der Waals surface area contributed by atoms with Crippen molar-refractivity contribution < 1.29 is 26.7 Å². The fraction of sp³-hybridized carbons (Fsp3) is 0.300. The molecule has 2 N–H and O–H groups in total. The molecule has 0 saturated carbocycles. The summed E-state index contributed by atoms with van der Waals surface area (Å²) in [6.07, 6.45) is -1.30. The first-order valence-corrected chi connectivity index (χ1v) is 8.65. The molecule has 0 fully saturated rings. The van der Waals surface area contributed by atoms with E-state index in [0.29, 0.717) is 30.6 Å². The molecule has 150 valence electrons. The number of halogens is 5. The van der Waals surface area contributed by atoms with Crippen LogP contribution >= 0.6 is 0 Å². The molecule has 0 aliphatic carbocycles. The molecule has 0 saturated heterocycles. The Hall–Kier alpha value is -2.61. The van der Waals surface area contributed by atoms with E-state index >= 15 is 0 Å². The van der Waals surface area contributed by atoms with Crippen LogP contribution in [0.5, 0.6) is 5.75 Å². The normalized spacial score (nSPS) is 12.1. The number of hydrogen-bond donors (Lipinski definition) is 1. The summed E-state index contributed by atoms with van der Waals surface area (Å²) in [7, 11) is 0. The van der Waals surface area contributed by atoms with E-state index in [0.717, 1.165) is 10.9 Å². The predicted molar refractivity (Wildman–Crippen MR) is 96.6 cm³/mol. The maximum atomic E-state index is 13.7. The van der Waals surface area contributed by atoms with Crippen LogP contribution < -0.4 is 10.5 Å². The highest BCUT2D eigenvalue weighted by Gasteiger charge is 2.41. The Kier molecular flexibility index (Phi) is 5.88. The Labute approximate surface area is 158 Å². The van der Waals surface area contributed by atoms with Crippen LogP contribution in [0.4, 0.5) is 22.0 Å². The number of rotatable bonds is 8. The van der Waals surface area contributed by atoms with E-state index in [1.807, 2.05) is 10.8 Å². The quantitative estimate of drug-likeness (QED) is 0.563. The molecule has 0 aliphatic rings. The van der Waals surface area contributed by atoms with Gasteiger partial charge in [0, 0.05) is 18.1 Å². The van der Waals surface area contributed by atoms with E-state index in [2.05, 4.69) is 0 Å². The van der Waals surface area contributed by atoms with Crippen molar-refractivity contribution in [3.63, 3.8) is 0 Å². The third-order valence-corrected chi connectivity index (χ3v) is 4.34. The number of alkyl halides is 4. The second-order valence-corrected chi connectivity index (χ2v) is 6.48. The fourth-order valence-electron chi connectivity index (χ4n) is 3.00. The van der Waals surface area contributed by atoms with Crippen LogP contribution in [-0.2, 0) is 13.0 Å². The summed E-state index contributed by atoms with van der Waals surface area (Å²) in [6, 6.07) is 10.7. The van der Waals surface area contributed by atoms with Gasteiger partial charge in [-0.3, -0.25) is 0 Å². The number of ether oxygens (including phenoxy) is 1. The Balaban J connectivity index is 1.83. The van der Waals surface area contributed by atoms with Crippen molar-refractivity contribution in [1.29, 1.82) is 0 Å². The topological polar surface area (TPSA) is 40.2 Å². The van der Waals surface area contributed by atoms with Crippen LogP contribution in [0.3, 0.4) is 0 Å². The van der Waals surface area contributed by atoms with Gasteiger partial charge in [-0.25, -0.2) is 13.2 Å². The first kappa shape index (κ1) is 20.1. The predicted octanol–water partition coefficient (Wildman–Crippen LogP) is 4.61. The third kappa shape index (κ3) is 4.44. The van der Waals surface area contributed by atoms with Crippen molar-refractivity contribution in [2.45, 2.75) is 25.3 Å². The van der Waals surface area contributed by atoms with Crippen LogP contribution in [0.2, 0.25) is 0 Å². The zero-order valence-electron chi connectivity index (χ0n) is 14.8. The van der Waals surface area contributed by atoms with Crippen LogP contribution in [0, 0.1) is 5.82 Å². The molecular weight excluding hydrogens is 379 g/mol. The second-order valence-electron chi connectivity index (χ2n) is 6.48. The molecule has 0 spiro atoms. The van der Waals surface area contributed by atoms with Gasteiger partial charge in [-0.1, -0.05) is 12.1 Å². The van der Waals surface area contributed by atoms with Crippen molar-refractivity contribution in [2.75, 3.05) is 13.2 Å². The monoisotopic (exact) mass is 398 g/mol. The third-order valence-electron chi connectivity index (χ3n) is 4.34. The van der Waals surface area contributed by atoms with E-state index in [1.165, 1.54) is 24.3 Å². The molecule has 1 heterocycles. The lowest BCUT2D eigenvalue weighted by atomic mass is 10.1. The van der Waals surface area contributed by atoms with E-state index in [9.17, 15) is 22.0 Å². The molecule has 3 nitrogen and oxygen atoms in total. The summed E-state index contributed by atoms with van der Waals surface area (Å²) >= 11 is 0. The highest BCUT2D eigenvalue weighted by atomic mass is 19.3. The van der Waals surface area contributed by atoms with Crippen molar-refractivity contribution in [3.05, 3.63) is 65.6 Å².